The summed E-state index contributed by atoms with van der Waals surface area (Å²) < 4.78 is 23.4. The highest BCUT2D eigenvalue weighted by atomic mass is 32.2. The Kier molecular flexibility index (Phi) is 4.94. The molecule has 1 fully saturated rings. The molecule has 0 bridgehead atoms. The van der Waals surface area contributed by atoms with E-state index in [1.807, 2.05) is 24.9 Å². The molecular weight excluding hydrogens is 336 g/mol. The van der Waals surface area contributed by atoms with Crippen LogP contribution >= 0.6 is 0 Å². The quantitative estimate of drug-likeness (QED) is 0.882. The summed E-state index contributed by atoms with van der Waals surface area (Å²) in [5.74, 6) is 2.61. The van der Waals surface area contributed by atoms with Crippen molar-refractivity contribution >= 4 is 21.5 Å². The van der Waals surface area contributed by atoms with E-state index >= 15 is 0 Å². The van der Waals surface area contributed by atoms with Crippen LogP contribution in [-0.2, 0) is 16.4 Å². The Balaban J connectivity index is 1.72. The van der Waals surface area contributed by atoms with Crippen LogP contribution in [0.3, 0.4) is 0 Å². The summed E-state index contributed by atoms with van der Waals surface area (Å²) in [6, 6.07) is 10.2. The lowest BCUT2D eigenvalue weighted by Crippen LogP contribution is -2.33. The van der Waals surface area contributed by atoms with Gasteiger partial charge in [0.25, 0.3) is 0 Å². The number of aryl methyl sites for hydroxylation is 2. The molecule has 1 aliphatic heterocycles. The molecule has 3 rings (SSSR count). The van der Waals surface area contributed by atoms with E-state index in [2.05, 4.69) is 46.5 Å². The van der Waals surface area contributed by atoms with Crippen molar-refractivity contribution in [1.29, 1.82) is 0 Å². The van der Waals surface area contributed by atoms with E-state index in [1.54, 1.807) is 0 Å². The van der Waals surface area contributed by atoms with Crippen LogP contribution in [0.25, 0.3) is 0 Å². The summed E-state index contributed by atoms with van der Waals surface area (Å²) in [6.07, 6.45) is 0.647. The fourth-order valence-electron chi connectivity index (χ4n) is 2.99. The van der Waals surface area contributed by atoms with E-state index in [-0.39, 0.29) is 17.5 Å². The van der Waals surface area contributed by atoms with Gasteiger partial charge in [0.1, 0.15) is 17.5 Å². The van der Waals surface area contributed by atoms with Crippen LogP contribution in [0.5, 0.6) is 0 Å². The van der Waals surface area contributed by atoms with E-state index in [0.29, 0.717) is 18.8 Å². The average molecular weight is 360 g/mol. The second-order valence-electron chi connectivity index (χ2n) is 6.67. The number of sulfone groups is 1. The van der Waals surface area contributed by atoms with Crippen LogP contribution < -0.4 is 10.2 Å². The number of aromatic nitrogens is 2. The van der Waals surface area contributed by atoms with Gasteiger partial charge in [-0.15, -0.1) is 0 Å². The Hall–Kier alpha value is -2.15. The molecule has 0 saturated carbocycles. The van der Waals surface area contributed by atoms with E-state index < -0.39 is 9.84 Å². The molecule has 1 aromatic heterocycles. The molecular formula is C18H24N4O2S. The molecule has 0 spiro atoms. The van der Waals surface area contributed by atoms with Gasteiger partial charge in [0.05, 0.1) is 11.5 Å². The lowest BCUT2D eigenvalue weighted by molar-refractivity contribution is 0.600. The van der Waals surface area contributed by atoms with E-state index in [4.69, 9.17) is 0 Å². The molecule has 0 radical (unpaired) electrons. The number of nitrogens with zero attached hydrogens (tertiary/aromatic N) is 3. The average Bonchev–Trinajstić information content (AvgIpc) is 2.93. The Morgan fingerprint density at radius 3 is 2.56 bits per heavy atom. The first kappa shape index (κ1) is 17.7. The number of hydrogen-bond acceptors (Lipinski definition) is 6. The topological polar surface area (TPSA) is 75.2 Å². The molecule has 2 heterocycles. The zero-order valence-electron chi connectivity index (χ0n) is 14.9. The number of anilines is 2. The molecule has 1 aromatic carbocycles. The highest BCUT2D eigenvalue weighted by Gasteiger charge is 2.31. The summed E-state index contributed by atoms with van der Waals surface area (Å²) >= 11 is 0. The monoisotopic (exact) mass is 360 g/mol. The molecule has 1 N–H and O–H groups in total. The lowest BCUT2D eigenvalue weighted by atomic mass is 10.1. The highest BCUT2D eigenvalue weighted by Crippen LogP contribution is 2.23. The van der Waals surface area contributed by atoms with Crippen LogP contribution in [0.4, 0.5) is 11.6 Å². The first-order valence-electron chi connectivity index (χ1n) is 8.41. The molecule has 0 aliphatic carbocycles. The van der Waals surface area contributed by atoms with Gasteiger partial charge in [0, 0.05) is 25.7 Å². The van der Waals surface area contributed by atoms with Crippen molar-refractivity contribution in [3.63, 3.8) is 0 Å². The van der Waals surface area contributed by atoms with Crippen molar-refractivity contribution in [3.05, 3.63) is 47.3 Å². The minimum absolute atomic E-state index is 0.0238. The van der Waals surface area contributed by atoms with Gasteiger partial charge in [-0.2, -0.15) is 0 Å². The Morgan fingerprint density at radius 2 is 1.92 bits per heavy atom. The lowest BCUT2D eigenvalue weighted by Gasteiger charge is -2.25. The smallest absolute Gasteiger partial charge is 0.152 e. The largest absolute Gasteiger partial charge is 0.366 e. The maximum Gasteiger partial charge on any atom is 0.152 e. The molecule has 1 unspecified atom stereocenters. The molecule has 6 nitrogen and oxygen atoms in total. The predicted octanol–water partition coefficient (Wildman–Crippen LogP) is 2.33. The number of hydrogen-bond donors (Lipinski definition) is 1. The molecule has 0 amide bonds. The van der Waals surface area contributed by atoms with Crippen LogP contribution in [0, 0.1) is 13.8 Å². The number of nitrogens with one attached hydrogen (secondary N) is 1. The summed E-state index contributed by atoms with van der Waals surface area (Å²) in [4.78, 5) is 10.9. The van der Waals surface area contributed by atoms with Gasteiger partial charge in [-0.05, 0) is 25.8 Å². The minimum Gasteiger partial charge on any atom is -0.366 e. The van der Waals surface area contributed by atoms with E-state index in [9.17, 15) is 8.42 Å². The van der Waals surface area contributed by atoms with Gasteiger partial charge in [0.2, 0.25) is 0 Å². The summed E-state index contributed by atoms with van der Waals surface area (Å²) in [6.45, 7) is 4.59. The summed E-state index contributed by atoms with van der Waals surface area (Å²) in [7, 11) is -1.02. The predicted molar refractivity (Wildman–Crippen MR) is 101 cm³/mol. The fraction of sp³-hybridized carbons (Fsp3) is 0.444. The number of benzene rings is 1. The van der Waals surface area contributed by atoms with Gasteiger partial charge in [-0.3, -0.25) is 0 Å². The maximum absolute atomic E-state index is 11.7. The Labute approximate surface area is 149 Å². The molecule has 2 aromatic rings. The summed E-state index contributed by atoms with van der Waals surface area (Å²) in [5.41, 5.74) is 2.41. The zero-order valence-corrected chi connectivity index (χ0v) is 15.7. The van der Waals surface area contributed by atoms with Crippen molar-refractivity contribution in [2.24, 2.45) is 0 Å². The van der Waals surface area contributed by atoms with Gasteiger partial charge in [-0.1, -0.05) is 29.8 Å². The first-order chi connectivity index (χ1) is 11.8. The van der Waals surface area contributed by atoms with Crippen molar-refractivity contribution in [2.75, 3.05) is 28.8 Å². The molecule has 1 saturated heterocycles. The SMILES string of the molecule is Cc1ccc(CNc2cc(N(C)C3CCS(=O)(=O)C3)nc(C)n2)cc1. The molecule has 25 heavy (non-hydrogen) atoms. The van der Waals surface area contributed by atoms with Crippen molar-refractivity contribution in [1.82, 2.24) is 9.97 Å². The highest BCUT2D eigenvalue weighted by molar-refractivity contribution is 7.91. The van der Waals surface area contributed by atoms with Gasteiger partial charge < -0.3 is 10.2 Å². The third-order valence-corrected chi connectivity index (χ3v) is 6.29. The fourth-order valence-corrected chi connectivity index (χ4v) is 4.76. The normalized spacial score (nSPS) is 18.9. The molecule has 1 aliphatic rings. The second-order valence-corrected chi connectivity index (χ2v) is 8.89. The molecule has 1 atom stereocenters. The van der Waals surface area contributed by atoms with Crippen LogP contribution in [0.15, 0.2) is 30.3 Å². The molecule has 7 heteroatoms. The van der Waals surface area contributed by atoms with Crippen molar-refractivity contribution in [3.8, 4) is 0 Å². The first-order valence-corrected chi connectivity index (χ1v) is 10.2. The van der Waals surface area contributed by atoms with E-state index in [0.717, 1.165) is 11.6 Å². The minimum atomic E-state index is -2.92. The standard InChI is InChI=1S/C18H24N4O2S/c1-13-4-6-15(7-5-13)11-19-17-10-18(21-14(2)20-17)22(3)16-8-9-25(23,24)12-16/h4-7,10,16H,8-9,11-12H2,1-3H3,(H,19,20,21). The van der Waals surface area contributed by atoms with Crippen LogP contribution in [0.1, 0.15) is 23.4 Å². The Bertz CT molecular complexity index is 850. The zero-order chi connectivity index (χ0) is 18.0. The van der Waals surface area contributed by atoms with Crippen molar-refractivity contribution < 1.29 is 8.42 Å². The van der Waals surface area contributed by atoms with Crippen LogP contribution in [-0.4, -0.2) is 43.0 Å². The maximum atomic E-state index is 11.7. The Morgan fingerprint density at radius 1 is 1.20 bits per heavy atom. The van der Waals surface area contributed by atoms with Crippen molar-refractivity contribution in [2.45, 2.75) is 32.9 Å². The second kappa shape index (κ2) is 7.00. The van der Waals surface area contributed by atoms with Crippen LogP contribution in [0.2, 0.25) is 0 Å². The molecule has 134 valence electrons. The van der Waals surface area contributed by atoms with Gasteiger partial charge in [-0.25, -0.2) is 18.4 Å². The third kappa shape index (κ3) is 4.48. The van der Waals surface area contributed by atoms with Gasteiger partial charge in [0.15, 0.2) is 9.84 Å². The third-order valence-electron chi connectivity index (χ3n) is 4.54. The summed E-state index contributed by atoms with van der Waals surface area (Å²) in [5, 5.41) is 3.33. The number of rotatable bonds is 5. The van der Waals surface area contributed by atoms with Gasteiger partial charge >= 0.3 is 0 Å². The van der Waals surface area contributed by atoms with E-state index in [1.165, 1.54) is 11.1 Å².